The maximum atomic E-state index is 9.44. The van der Waals surface area contributed by atoms with Crippen LogP contribution in [0.3, 0.4) is 0 Å². The van der Waals surface area contributed by atoms with Crippen molar-refractivity contribution in [2.75, 3.05) is 11.5 Å². The van der Waals surface area contributed by atoms with E-state index in [0.717, 1.165) is 11.4 Å². The van der Waals surface area contributed by atoms with Gasteiger partial charge < -0.3 is 16.3 Å². The Labute approximate surface area is 72.4 Å². The highest BCUT2D eigenvalue weighted by Crippen LogP contribution is 2.04. The van der Waals surface area contributed by atoms with Gasteiger partial charge in [-0.05, 0) is 38.1 Å². The summed E-state index contributed by atoms with van der Waals surface area (Å²) in [5.41, 5.74) is 12.2. The van der Waals surface area contributed by atoms with E-state index in [1.807, 2.05) is 0 Å². The fourth-order valence-electron chi connectivity index (χ4n) is 0.496. The van der Waals surface area contributed by atoms with Crippen molar-refractivity contribution in [3.8, 4) is 0 Å². The van der Waals surface area contributed by atoms with Gasteiger partial charge in [-0.25, -0.2) is 0 Å². The van der Waals surface area contributed by atoms with E-state index in [9.17, 15) is 4.79 Å². The molecule has 0 unspecified atom stereocenters. The number of hydrogen-bond donors (Lipinski definition) is 2. The zero-order valence-corrected chi connectivity index (χ0v) is 7.37. The fourth-order valence-corrected chi connectivity index (χ4v) is 0.496. The second-order valence-corrected chi connectivity index (χ2v) is 2.57. The molecule has 0 heterocycles. The predicted octanol–water partition coefficient (Wildman–Crippen LogP) is 1.45. The summed E-state index contributed by atoms with van der Waals surface area (Å²) in [6, 6.07) is 7.09. The Morgan fingerprint density at radius 3 is 1.33 bits per heavy atom. The van der Waals surface area contributed by atoms with Crippen molar-refractivity contribution in [2.24, 2.45) is 0 Å². The quantitative estimate of drug-likeness (QED) is 0.573. The van der Waals surface area contributed by atoms with Crippen molar-refractivity contribution in [2.45, 2.75) is 13.8 Å². The van der Waals surface area contributed by atoms with Crippen molar-refractivity contribution >= 4 is 17.2 Å². The van der Waals surface area contributed by atoms with Crippen LogP contribution in [0, 0.1) is 0 Å². The minimum absolute atomic E-state index is 0.167. The smallest absolute Gasteiger partial charge is 0.126 e. The molecule has 0 radical (unpaired) electrons. The van der Waals surface area contributed by atoms with Crippen LogP contribution in [0.5, 0.6) is 0 Å². The molecule has 0 aromatic heterocycles. The average molecular weight is 166 g/mol. The summed E-state index contributed by atoms with van der Waals surface area (Å²) < 4.78 is 0. The second-order valence-electron chi connectivity index (χ2n) is 2.57. The van der Waals surface area contributed by atoms with Crippen LogP contribution in [-0.4, -0.2) is 5.78 Å². The number of nitrogens with two attached hydrogens (primary N) is 2. The van der Waals surface area contributed by atoms with Crippen molar-refractivity contribution < 1.29 is 4.79 Å². The minimum Gasteiger partial charge on any atom is -0.399 e. The highest BCUT2D eigenvalue weighted by atomic mass is 16.1. The summed E-state index contributed by atoms with van der Waals surface area (Å²) >= 11 is 0. The molecule has 0 saturated heterocycles. The molecule has 0 aliphatic rings. The lowest BCUT2D eigenvalue weighted by atomic mass is 10.3. The first-order valence-corrected chi connectivity index (χ1v) is 3.60. The first kappa shape index (κ1) is 10.5. The molecule has 66 valence electrons. The average Bonchev–Trinajstić information content (AvgIpc) is 1.94. The summed E-state index contributed by atoms with van der Waals surface area (Å²) in [7, 11) is 0. The molecule has 0 aliphatic carbocycles. The maximum absolute atomic E-state index is 9.44. The summed E-state index contributed by atoms with van der Waals surface area (Å²) in [5, 5.41) is 0. The highest BCUT2D eigenvalue weighted by Gasteiger charge is 1.80. The van der Waals surface area contributed by atoms with Crippen LogP contribution in [0.25, 0.3) is 0 Å². The van der Waals surface area contributed by atoms with E-state index in [0.29, 0.717) is 0 Å². The Balaban J connectivity index is 0.000000261. The molecule has 4 N–H and O–H groups in total. The van der Waals surface area contributed by atoms with Gasteiger partial charge >= 0.3 is 0 Å². The third kappa shape index (κ3) is 6.61. The normalized spacial score (nSPS) is 8.17. The zero-order chi connectivity index (χ0) is 9.56. The number of Topliss-reactive ketones (excluding diaryl/α,β-unsaturated/α-hetero) is 1. The minimum atomic E-state index is 0.167. The Hall–Kier alpha value is -1.51. The first-order valence-electron chi connectivity index (χ1n) is 3.60. The predicted molar refractivity (Wildman–Crippen MR) is 51.6 cm³/mol. The number of carbonyl (C=O) groups is 1. The van der Waals surface area contributed by atoms with Gasteiger partial charge in [0.15, 0.2) is 0 Å². The van der Waals surface area contributed by atoms with Gasteiger partial charge in [-0.3, -0.25) is 0 Å². The number of nitrogen functional groups attached to an aromatic ring is 2. The topological polar surface area (TPSA) is 69.1 Å². The van der Waals surface area contributed by atoms with E-state index >= 15 is 0 Å². The molecule has 1 aromatic rings. The van der Waals surface area contributed by atoms with Crippen LogP contribution in [0.2, 0.25) is 0 Å². The Bertz CT molecular complexity index is 216. The third-order valence-electron chi connectivity index (χ3n) is 0.936. The summed E-state index contributed by atoms with van der Waals surface area (Å²) in [6.07, 6.45) is 0. The number of anilines is 2. The molecule has 3 heteroatoms. The van der Waals surface area contributed by atoms with E-state index in [4.69, 9.17) is 11.5 Å². The number of carbonyl (C=O) groups excluding carboxylic acids is 1. The molecule has 12 heavy (non-hydrogen) atoms. The van der Waals surface area contributed by atoms with E-state index in [2.05, 4.69) is 0 Å². The second kappa shape index (κ2) is 5.18. The number of benzene rings is 1. The largest absolute Gasteiger partial charge is 0.399 e. The van der Waals surface area contributed by atoms with Gasteiger partial charge in [0.1, 0.15) is 5.78 Å². The van der Waals surface area contributed by atoms with Crippen LogP contribution < -0.4 is 11.5 Å². The Kier molecular flexibility index (Phi) is 4.53. The Morgan fingerprint density at radius 2 is 1.17 bits per heavy atom. The monoisotopic (exact) mass is 166 g/mol. The number of ketones is 1. The van der Waals surface area contributed by atoms with Crippen LogP contribution >= 0.6 is 0 Å². The molecule has 0 atom stereocenters. The molecule has 0 saturated carbocycles. The van der Waals surface area contributed by atoms with Crippen LogP contribution in [-0.2, 0) is 4.79 Å². The van der Waals surface area contributed by atoms with Crippen LogP contribution in [0.15, 0.2) is 24.3 Å². The summed E-state index contributed by atoms with van der Waals surface area (Å²) in [5.74, 6) is 0.167. The van der Waals surface area contributed by atoms with Gasteiger partial charge in [0.05, 0.1) is 0 Å². The molecule has 0 spiro atoms. The zero-order valence-electron chi connectivity index (χ0n) is 7.37. The third-order valence-corrected chi connectivity index (χ3v) is 0.936. The van der Waals surface area contributed by atoms with E-state index in [1.165, 1.54) is 13.8 Å². The standard InChI is InChI=1S/C6H8N2.C3H6O/c7-5-1-2-6(8)4-3-5;1-3(2)4/h1-4H,7-8H2;1-2H3. The fraction of sp³-hybridized carbons (Fsp3) is 0.222. The van der Waals surface area contributed by atoms with Crippen molar-refractivity contribution in [3.63, 3.8) is 0 Å². The van der Waals surface area contributed by atoms with Crippen molar-refractivity contribution in [3.05, 3.63) is 24.3 Å². The van der Waals surface area contributed by atoms with E-state index < -0.39 is 0 Å². The van der Waals surface area contributed by atoms with E-state index in [1.54, 1.807) is 24.3 Å². The van der Waals surface area contributed by atoms with Gasteiger partial charge in [-0.15, -0.1) is 0 Å². The van der Waals surface area contributed by atoms with Gasteiger partial charge in [-0.2, -0.15) is 0 Å². The first-order chi connectivity index (χ1) is 5.52. The molecule has 1 rings (SSSR count). The van der Waals surface area contributed by atoms with Gasteiger partial charge in [0, 0.05) is 11.4 Å². The molecule has 1 aromatic carbocycles. The number of rotatable bonds is 0. The summed E-state index contributed by atoms with van der Waals surface area (Å²) in [4.78, 5) is 9.44. The molecule has 0 aliphatic heterocycles. The van der Waals surface area contributed by atoms with Crippen LogP contribution in [0.4, 0.5) is 11.4 Å². The van der Waals surface area contributed by atoms with Gasteiger partial charge in [-0.1, -0.05) is 0 Å². The molecule has 0 bridgehead atoms. The highest BCUT2D eigenvalue weighted by molar-refractivity contribution is 5.72. The molecule has 0 fully saturated rings. The molecular weight excluding hydrogens is 152 g/mol. The summed E-state index contributed by atoms with van der Waals surface area (Å²) in [6.45, 7) is 3.06. The lowest BCUT2D eigenvalue weighted by Gasteiger charge is -1.90. The maximum Gasteiger partial charge on any atom is 0.126 e. The Morgan fingerprint density at radius 1 is 1.00 bits per heavy atom. The SMILES string of the molecule is CC(C)=O.Nc1ccc(N)cc1. The molecular formula is C9H14N2O. The molecule has 0 amide bonds. The number of hydrogen-bond acceptors (Lipinski definition) is 3. The van der Waals surface area contributed by atoms with Crippen molar-refractivity contribution in [1.29, 1.82) is 0 Å². The van der Waals surface area contributed by atoms with Gasteiger partial charge in [0.2, 0.25) is 0 Å². The lowest BCUT2D eigenvalue weighted by Crippen LogP contribution is -1.86. The van der Waals surface area contributed by atoms with Crippen molar-refractivity contribution in [1.82, 2.24) is 0 Å². The molecule has 3 nitrogen and oxygen atoms in total. The van der Waals surface area contributed by atoms with Gasteiger partial charge in [0.25, 0.3) is 0 Å². The van der Waals surface area contributed by atoms with Crippen LogP contribution in [0.1, 0.15) is 13.8 Å². The van der Waals surface area contributed by atoms with E-state index in [-0.39, 0.29) is 5.78 Å². The lowest BCUT2D eigenvalue weighted by molar-refractivity contribution is -0.114.